The number of aryl methyl sites for hydroxylation is 2. The highest BCUT2D eigenvalue weighted by molar-refractivity contribution is 5.90. The number of anilines is 1. The molecule has 0 saturated heterocycles. The molecule has 0 atom stereocenters. The van der Waals surface area contributed by atoms with Crippen LogP contribution in [0.3, 0.4) is 0 Å². The quantitative estimate of drug-likeness (QED) is 0.919. The summed E-state index contributed by atoms with van der Waals surface area (Å²) < 4.78 is 1.25. The molecule has 1 aromatic heterocycles. The molecule has 0 radical (unpaired) electrons. The topological polar surface area (TPSA) is 87.8 Å². The van der Waals surface area contributed by atoms with Crippen LogP contribution in [0.5, 0.6) is 0 Å². The minimum Gasteiger partial charge on any atom is -0.326 e. The van der Waals surface area contributed by atoms with Crippen LogP contribution in [0.1, 0.15) is 17.5 Å². The Bertz CT molecular complexity index is 759. The van der Waals surface area contributed by atoms with Gasteiger partial charge < -0.3 is 5.32 Å². The number of nitriles is 1. The van der Waals surface area contributed by atoms with Crippen LogP contribution in [-0.4, -0.2) is 15.7 Å². The second kappa shape index (κ2) is 6.48. The van der Waals surface area contributed by atoms with Gasteiger partial charge in [0, 0.05) is 18.2 Å². The lowest BCUT2D eigenvalue weighted by atomic mass is 10.2. The van der Waals surface area contributed by atoms with Crippen LogP contribution in [0.15, 0.2) is 41.3 Å². The van der Waals surface area contributed by atoms with Gasteiger partial charge in [-0.3, -0.25) is 9.59 Å². The van der Waals surface area contributed by atoms with E-state index in [1.165, 1.54) is 10.7 Å². The molecule has 0 saturated carbocycles. The molecule has 1 aromatic carbocycles. The summed E-state index contributed by atoms with van der Waals surface area (Å²) >= 11 is 0. The molecule has 0 fully saturated rings. The molecule has 0 bridgehead atoms. The summed E-state index contributed by atoms with van der Waals surface area (Å²) in [6.07, 6.45) is 1.71. The first-order valence-electron chi connectivity index (χ1n) is 6.42. The molecule has 0 aliphatic rings. The summed E-state index contributed by atoms with van der Waals surface area (Å²) in [5.74, 6) is -0.237. The molecule has 1 heterocycles. The maximum atomic E-state index is 11.8. The monoisotopic (exact) mass is 282 g/mol. The van der Waals surface area contributed by atoms with Gasteiger partial charge in [-0.15, -0.1) is 0 Å². The average molecular weight is 282 g/mol. The van der Waals surface area contributed by atoms with Crippen LogP contribution in [0.2, 0.25) is 0 Å². The smallest absolute Gasteiger partial charge is 0.266 e. The van der Waals surface area contributed by atoms with Gasteiger partial charge in [-0.1, -0.05) is 6.07 Å². The summed E-state index contributed by atoms with van der Waals surface area (Å²) in [5.41, 5.74) is 1.59. The normalized spacial score (nSPS) is 9.90. The van der Waals surface area contributed by atoms with Gasteiger partial charge in [0.25, 0.3) is 5.56 Å². The van der Waals surface area contributed by atoms with Gasteiger partial charge in [0.2, 0.25) is 5.91 Å². The van der Waals surface area contributed by atoms with E-state index in [4.69, 9.17) is 5.26 Å². The third-order valence-electron chi connectivity index (χ3n) is 2.83. The Morgan fingerprint density at radius 2 is 2.24 bits per heavy atom. The fourth-order valence-corrected chi connectivity index (χ4v) is 1.79. The zero-order chi connectivity index (χ0) is 15.2. The zero-order valence-corrected chi connectivity index (χ0v) is 11.5. The number of aromatic nitrogens is 2. The molecular weight excluding hydrogens is 268 g/mol. The van der Waals surface area contributed by atoms with Crippen LogP contribution in [0, 0.1) is 18.3 Å². The molecule has 21 heavy (non-hydrogen) atoms. The molecule has 0 aliphatic carbocycles. The minimum atomic E-state index is -0.237. The third kappa shape index (κ3) is 4.01. The van der Waals surface area contributed by atoms with E-state index < -0.39 is 0 Å². The number of carbonyl (C=O) groups is 1. The van der Waals surface area contributed by atoms with Crippen molar-refractivity contribution in [3.8, 4) is 6.07 Å². The number of rotatable bonds is 4. The molecular formula is C15H14N4O2. The number of nitrogens with one attached hydrogen (secondary N) is 1. The van der Waals surface area contributed by atoms with Gasteiger partial charge in [-0.05, 0) is 30.7 Å². The first-order valence-corrected chi connectivity index (χ1v) is 6.42. The minimum absolute atomic E-state index is 0.132. The number of hydrogen-bond donors (Lipinski definition) is 1. The van der Waals surface area contributed by atoms with Gasteiger partial charge in [0.1, 0.15) is 0 Å². The van der Waals surface area contributed by atoms with E-state index in [-0.39, 0.29) is 24.4 Å². The van der Waals surface area contributed by atoms with Crippen LogP contribution in [0.4, 0.5) is 5.69 Å². The second-order valence-electron chi connectivity index (χ2n) is 4.59. The van der Waals surface area contributed by atoms with Crippen molar-refractivity contribution >= 4 is 11.6 Å². The van der Waals surface area contributed by atoms with E-state index in [2.05, 4.69) is 10.4 Å². The molecule has 0 spiro atoms. The molecule has 0 unspecified atom stereocenters. The average Bonchev–Trinajstić information content (AvgIpc) is 2.46. The highest BCUT2D eigenvalue weighted by atomic mass is 16.2. The van der Waals surface area contributed by atoms with Crippen LogP contribution < -0.4 is 10.9 Å². The predicted molar refractivity (Wildman–Crippen MR) is 77.6 cm³/mol. The van der Waals surface area contributed by atoms with E-state index in [9.17, 15) is 9.59 Å². The molecule has 6 nitrogen and oxygen atoms in total. The van der Waals surface area contributed by atoms with E-state index in [1.807, 2.05) is 6.07 Å². The Kier molecular flexibility index (Phi) is 4.46. The molecule has 0 aliphatic heterocycles. The standard InChI is InChI=1S/C15H14N4O2/c1-11-7-15(21)19(17-10-11)6-5-14(20)18-13-4-2-3-12(8-13)9-16/h2-4,7-8,10H,5-6H2,1H3,(H,18,20). The molecule has 1 amide bonds. The van der Waals surface area contributed by atoms with Gasteiger partial charge in [0.05, 0.1) is 24.4 Å². The van der Waals surface area contributed by atoms with Gasteiger partial charge in [0.15, 0.2) is 0 Å². The Labute approximate surface area is 121 Å². The SMILES string of the molecule is Cc1cnn(CCC(=O)Nc2cccc(C#N)c2)c(=O)c1. The molecule has 2 aromatic rings. The Morgan fingerprint density at radius 3 is 2.95 bits per heavy atom. The van der Waals surface area contributed by atoms with Crippen LogP contribution in [-0.2, 0) is 11.3 Å². The lowest BCUT2D eigenvalue weighted by Crippen LogP contribution is -2.25. The third-order valence-corrected chi connectivity index (χ3v) is 2.83. The van der Waals surface area contributed by atoms with Crippen molar-refractivity contribution in [1.82, 2.24) is 9.78 Å². The van der Waals surface area contributed by atoms with Gasteiger partial charge in [-0.2, -0.15) is 10.4 Å². The first-order chi connectivity index (χ1) is 10.1. The summed E-state index contributed by atoms with van der Waals surface area (Å²) in [4.78, 5) is 23.5. The largest absolute Gasteiger partial charge is 0.326 e. The second-order valence-corrected chi connectivity index (χ2v) is 4.59. The molecule has 2 rings (SSSR count). The summed E-state index contributed by atoms with van der Waals surface area (Å²) in [7, 11) is 0. The van der Waals surface area contributed by atoms with Crippen molar-refractivity contribution in [2.45, 2.75) is 19.9 Å². The van der Waals surface area contributed by atoms with E-state index in [0.717, 1.165) is 5.56 Å². The van der Waals surface area contributed by atoms with Crippen molar-refractivity contribution in [3.63, 3.8) is 0 Å². The van der Waals surface area contributed by atoms with Crippen molar-refractivity contribution in [2.75, 3.05) is 5.32 Å². The van der Waals surface area contributed by atoms with Gasteiger partial charge in [-0.25, -0.2) is 4.68 Å². The highest BCUT2D eigenvalue weighted by Crippen LogP contribution is 2.10. The molecule has 6 heteroatoms. The van der Waals surface area contributed by atoms with Crippen LogP contribution in [0.25, 0.3) is 0 Å². The highest BCUT2D eigenvalue weighted by Gasteiger charge is 2.05. The molecule has 1 N–H and O–H groups in total. The maximum Gasteiger partial charge on any atom is 0.266 e. The summed E-state index contributed by atoms with van der Waals surface area (Å²) in [6, 6.07) is 10.1. The predicted octanol–water partition coefficient (Wildman–Crippen LogP) is 1.45. The lowest BCUT2D eigenvalue weighted by molar-refractivity contribution is -0.116. The van der Waals surface area contributed by atoms with Crippen molar-refractivity contribution in [2.24, 2.45) is 0 Å². The Morgan fingerprint density at radius 1 is 1.43 bits per heavy atom. The summed E-state index contributed by atoms with van der Waals surface area (Å²) in [5, 5.41) is 15.4. The van der Waals surface area contributed by atoms with Gasteiger partial charge >= 0.3 is 0 Å². The van der Waals surface area contributed by atoms with Crippen molar-refractivity contribution in [3.05, 3.63) is 58.0 Å². The zero-order valence-electron chi connectivity index (χ0n) is 11.5. The first kappa shape index (κ1) is 14.5. The van der Waals surface area contributed by atoms with Crippen molar-refractivity contribution in [1.29, 1.82) is 5.26 Å². The lowest BCUT2D eigenvalue weighted by Gasteiger charge is -2.06. The number of amides is 1. The maximum absolute atomic E-state index is 11.8. The van der Waals surface area contributed by atoms with Crippen LogP contribution >= 0.6 is 0 Å². The number of benzene rings is 1. The van der Waals surface area contributed by atoms with E-state index >= 15 is 0 Å². The number of hydrogen-bond acceptors (Lipinski definition) is 4. The van der Waals surface area contributed by atoms with Crippen molar-refractivity contribution < 1.29 is 4.79 Å². The fourth-order valence-electron chi connectivity index (χ4n) is 1.79. The van der Waals surface area contributed by atoms with E-state index in [0.29, 0.717) is 11.3 Å². The number of nitrogens with zero attached hydrogens (tertiary/aromatic N) is 3. The summed E-state index contributed by atoms with van der Waals surface area (Å²) in [6.45, 7) is 2.00. The molecule has 106 valence electrons. The number of carbonyl (C=O) groups excluding carboxylic acids is 1. The van der Waals surface area contributed by atoms with E-state index in [1.54, 1.807) is 37.4 Å². The fraction of sp³-hybridized carbons (Fsp3) is 0.200. The Balaban J connectivity index is 1.96. The Hall–Kier alpha value is -2.94.